The molecule has 2 rings (SSSR count). The van der Waals surface area contributed by atoms with Gasteiger partial charge >= 0.3 is 5.69 Å². The molecule has 1 N–H and O–H groups in total. The zero-order valence-corrected chi connectivity index (χ0v) is 13.4. The zero-order valence-electron chi connectivity index (χ0n) is 12.6. The van der Waals surface area contributed by atoms with Crippen LogP contribution < -0.4 is 16.6 Å². The summed E-state index contributed by atoms with van der Waals surface area (Å²) >= 11 is 0. The molecule has 0 unspecified atom stereocenters. The second-order valence-electron chi connectivity index (χ2n) is 5.35. The molecular formula is C12H18N4O5S. The van der Waals surface area contributed by atoms with E-state index in [0.717, 1.165) is 27.9 Å². The molecule has 1 heterocycles. The minimum absolute atomic E-state index is 0.119. The molecule has 1 fully saturated rings. The van der Waals surface area contributed by atoms with Gasteiger partial charge in [0, 0.05) is 33.4 Å². The van der Waals surface area contributed by atoms with E-state index in [2.05, 4.69) is 5.32 Å². The predicted molar refractivity (Wildman–Crippen MR) is 77.9 cm³/mol. The lowest BCUT2D eigenvalue weighted by Crippen LogP contribution is -2.44. The summed E-state index contributed by atoms with van der Waals surface area (Å²) in [6.07, 6.45) is 2.75. The molecule has 10 heteroatoms. The fraction of sp³-hybridized carbons (Fsp3) is 0.583. The van der Waals surface area contributed by atoms with Crippen LogP contribution >= 0.6 is 0 Å². The van der Waals surface area contributed by atoms with Crippen molar-refractivity contribution in [2.75, 3.05) is 13.6 Å². The van der Waals surface area contributed by atoms with Gasteiger partial charge in [-0.25, -0.2) is 13.2 Å². The van der Waals surface area contributed by atoms with Crippen LogP contribution in [-0.4, -0.2) is 47.4 Å². The summed E-state index contributed by atoms with van der Waals surface area (Å²) in [5.74, 6) is -0.421. The van der Waals surface area contributed by atoms with Crippen LogP contribution in [0.2, 0.25) is 0 Å². The first-order valence-electron chi connectivity index (χ1n) is 6.67. The SMILES string of the molecule is CN(CC(=O)NC1CC1)S(=O)(=O)c1cn(C)c(=O)n(C)c1=O. The third kappa shape index (κ3) is 3.12. The Balaban J connectivity index is 2.31. The van der Waals surface area contributed by atoms with Gasteiger partial charge in [-0.05, 0) is 12.8 Å². The molecule has 1 aliphatic carbocycles. The van der Waals surface area contributed by atoms with E-state index in [-0.39, 0.29) is 12.6 Å². The number of aromatic nitrogens is 2. The summed E-state index contributed by atoms with van der Waals surface area (Å²) in [5.41, 5.74) is -1.55. The molecular weight excluding hydrogens is 312 g/mol. The quantitative estimate of drug-likeness (QED) is 0.670. The van der Waals surface area contributed by atoms with Crippen molar-refractivity contribution in [3.63, 3.8) is 0 Å². The summed E-state index contributed by atoms with van der Waals surface area (Å²) in [4.78, 5) is 34.8. The minimum Gasteiger partial charge on any atom is -0.352 e. The van der Waals surface area contributed by atoms with Crippen molar-refractivity contribution in [2.45, 2.75) is 23.8 Å². The van der Waals surface area contributed by atoms with Crippen LogP contribution in [0.5, 0.6) is 0 Å². The van der Waals surface area contributed by atoms with Crippen LogP contribution in [-0.2, 0) is 28.9 Å². The van der Waals surface area contributed by atoms with Gasteiger partial charge in [-0.3, -0.25) is 14.2 Å². The van der Waals surface area contributed by atoms with Crippen LogP contribution in [0.3, 0.4) is 0 Å². The van der Waals surface area contributed by atoms with Crippen molar-refractivity contribution in [3.05, 3.63) is 27.0 Å². The monoisotopic (exact) mass is 330 g/mol. The standard InChI is InChI=1S/C12H18N4O5S/c1-14-6-9(11(18)16(3)12(14)19)22(20,21)15(2)7-10(17)13-8-4-5-8/h6,8H,4-5,7H2,1-3H3,(H,13,17). The highest BCUT2D eigenvalue weighted by Crippen LogP contribution is 2.18. The second kappa shape index (κ2) is 5.69. The first kappa shape index (κ1) is 16.4. The highest BCUT2D eigenvalue weighted by molar-refractivity contribution is 7.89. The lowest BCUT2D eigenvalue weighted by Gasteiger charge is -2.17. The van der Waals surface area contributed by atoms with Gasteiger partial charge in [-0.2, -0.15) is 4.31 Å². The van der Waals surface area contributed by atoms with Crippen molar-refractivity contribution in [3.8, 4) is 0 Å². The van der Waals surface area contributed by atoms with E-state index in [0.29, 0.717) is 4.57 Å². The van der Waals surface area contributed by atoms with Gasteiger partial charge in [-0.15, -0.1) is 0 Å². The van der Waals surface area contributed by atoms with Gasteiger partial charge in [0.1, 0.15) is 0 Å². The van der Waals surface area contributed by atoms with Crippen molar-refractivity contribution in [1.29, 1.82) is 0 Å². The van der Waals surface area contributed by atoms with Gasteiger partial charge in [0.2, 0.25) is 15.9 Å². The van der Waals surface area contributed by atoms with Gasteiger partial charge in [0.15, 0.2) is 4.90 Å². The summed E-state index contributed by atoms with van der Waals surface area (Å²) in [7, 11) is -0.402. The highest BCUT2D eigenvalue weighted by atomic mass is 32.2. The third-order valence-corrected chi connectivity index (χ3v) is 5.20. The zero-order chi connectivity index (χ0) is 16.7. The number of carbonyl (C=O) groups excluding carboxylic acids is 1. The lowest BCUT2D eigenvalue weighted by molar-refractivity contribution is -0.121. The van der Waals surface area contributed by atoms with E-state index in [9.17, 15) is 22.8 Å². The smallest absolute Gasteiger partial charge is 0.330 e. The largest absolute Gasteiger partial charge is 0.352 e. The molecule has 1 aromatic heterocycles. The number of hydrogen-bond donors (Lipinski definition) is 1. The number of hydrogen-bond acceptors (Lipinski definition) is 5. The summed E-state index contributed by atoms with van der Waals surface area (Å²) in [6.45, 7) is -0.384. The minimum atomic E-state index is -4.16. The maximum absolute atomic E-state index is 12.4. The molecule has 0 saturated heterocycles. The Bertz CT molecular complexity index is 819. The molecule has 0 radical (unpaired) electrons. The van der Waals surface area contributed by atoms with Crippen molar-refractivity contribution in [1.82, 2.24) is 18.8 Å². The third-order valence-electron chi connectivity index (χ3n) is 3.41. The molecule has 1 aromatic rings. The van der Waals surface area contributed by atoms with E-state index >= 15 is 0 Å². The van der Waals surface area contributed by atoms with Gasteiger partial charge in [-0.1, -0.05) is 0 Å². The molecule has 0 atom stereocenters. The van der Waals surface area contributed by atoms with E-state index in [4.69, 9.17) is 0 Å². The maximum atomic E-state index is 12.4. The average molecular weight is 330 g/mol. The van der Waals surface area contributed by atoms with Crippen molar-refractivity contribution < 1.29 is 13.2 Å². The van der Waals surface area contributed by atoms with Gasteiger partial charge in [0.05, 0.1) is 6.54 Å². The molecule has 1 aliphatic rings. The number of nitrogens with zero attached hydrogens (tertiary/aromatic N) is 3. The molecule has 0 aromatic carbocycles. The number of sulfonamides is 1. The Hall–Kier alpha value is -1.94. The number of rotatable bonds is 5. The van der Waals surface area contributed by atoms with E-state index in [1.807, 2.05) is 0 Å². The average Bonchev–Trinajstić information content (AvgIpc) is 3.23. The van der Waals surface area contributed by atoms with Crippen molar-refractivity contribution >= 4 is 15.9 Å². The highest BCUT2D eigenvalue weighted by Gasteiger charge is 2.29. The van der Waals surface area contributed by atoms with Crippen LogP contribution in [0.25, 0.3) is 0 Å². The molecule has 0 spiro atoms. The first-order valence-corrected chi connectivity index (χ1v) is 8.11. The number of carbonyl (C=O) groups is 1. The Kier molecular flexibility index (Phi) is 4.25. The molecule has 0 bridgehead atoms. The van der Waals surface area contributed by atoms with Crippen molar-refractivity contribution in [2.24, 2.45) is 14.1 Å². The molecule has 22 heavy (non-hydrogen) atoms. The number of nitrogens with one attached hydrogen (secondary N) is 1. The van der Waals surface area contributed by atoms with E-state index in [1.165, 1.54) is 21.1 Å². The Labute approximate surface area is 127 Å². The van der Waals surface area contributed by atoms with E-state index in [1.54, 1.807) is 0 Å². The maximum Gasteiger partial charge on any atom is 0.330 e. The lowest BCUT2D eigenvalue weighted by atomic mass is 10.5. The molecule has 1 saturated carbocycles. The Morgan fingerprint density at radius 3 is 2.50 bits per heavy atom. The topological polar surface area (TPSA) is 110 Å². The first-order chi connectivity index (χ1) is 10.1. The normalized spacial score (nSPS) is 15.1. The molecule has 1 amide bonds. The van der Waals surface area contributed by atoms with Crippen LogP contribution in [0.1, 0.15) is 12.8 Å². The molecule has 9 nitrogen and oxygen atoms in total. The second-order valence-corrected chi connectivity index (χ2v) is 7.37. The number of amides is 1. The van der Waals surface area contributed by atoms with Crippen LogP contribution in [0.15, 0.2) is 20.7 Å². The Morgan fingerprint density at radius 1 is 1.36 bits per heavy atom. The van der Waals surface area contributed by atoms with Gasteiger partial charge < -0.3 is 9.88 Å². The molecule has 0 aliphatic heterocycles. The predicted octanol–water partition coefficient (Wildman–Crippen LogP) is -2.02. The number of likely N-dealkylation sites (N-methyl/N-ethyl adjacent to an activating group) is 1. The fourth-order valence-electron chi connectivity index (χ4n) is 1.91. The fourth-order valence-corrected chi connectivity index (χ4v) is 3.18. The molecule has 122 valence electrons. The Morgan fingerprint density at radius 2 is 1.95 bits per heavy atom. The number of aryl methyl sites for hydroxylation is 1. The van der Waals surface area contributed by atoms with Crippen LogP contribution in [0.4, 0.5) is 0 Å². The van der Waals surface area contributed by atoms with Gasteiger partial charge in [0.25, 0.3) is 5.56 Å². The summed E-state index contributed by atoms with van der Waals surface area (Å²) in [5, 5.41) is 2.67. The summed E-state index contributed by atoms with van der Waals surface area (Å²) in [6, 6.07) is 0.119. The van der Waals surface area contributed by atoms with Crippen LogP contribution in [0, 0.1) is 0 Å². The van der Waals surface area contributed by atoms with E-state index < -0.39 is 32.1 Å². The summed E-state index contributed by atoms with van der Waals surface area (Å²) < 4.78 is 27.4.